The number of hydrogen-bond acceptors (Lipinski definition) is 2. The lowest BCUT2D eigenvalue weighted by Crippen LogP contribution is -2.10. The monoisotopic (exact) mass is 875 g/mol. The number of hydrogen-bond donors (Lipinski definition) is 0. The highest BCUT2D eigenvalue weighted by Crippen LogP contribution is 2.73. The van der Waals surface area contributed by atoms with E-state index in [1.165, 1.54) is 41.5 Å². The molecule has 0 radical (unpaired) electrons. The van der Waals surface area contributed by atoms with Crippen LogP contribution < -0.4 is 4.90 Å². The maximum Gasteiger partial charge on any atom is 0.159 e. The molecule has 1 heterocycles. The molecule has 318 valence electrons. The van der Waals surface area contributed by atoms with E-state index in [1.54, 1.807) is 0 Å². The van der Waals surface area contributed by atoms with Crippen molar-refractivity contribution in [3.63, 3.8) is 0 Å². The predicted molar refractivity (Wildman–Crippen MR) is 282 cm³/mol. The fourth-order valence-electron chi connectivity index (χ4n) is 9.87. The Bertz CT molecular complexity index is 3540. The maximum absolute atomic E-state index is 7.02. The molecule has 11 aromatic carbocycles. The van der Waals surface area contributed by atoms with Gasteiger partial charge in [0.05, 0.1) is 5.69 Å². The molecular weight excluding hydrogens is 831 g/mol. The van der Waals surface area contributed by atoms with Crippen molar-refractivity contribution >= 4 is 59.8 Å². The number of anilines is 3. The quantitative estimate of drug-likeness (QED) is 0.136. The van der Waals surface area contributed by atoms with Gasteiger partial charge < -0.3 is 9.32 Å². The highest BCUT2D eigenvalue weighted by atomic mass is 32.3. The standard InChI is InChI=1S/C64H45NOS/c1-5-18-49(19-6-1)59-30-16-31-60-61-32-17-33-62(64(61)66-63(59)60)65(52-42-36-50(37-43-52)58-29-15-21-48-20-13-14-28-57(48)58)51-40-34-46(35-41-51)47-38-44-56(45-39-47)67(53-22-7-2-8-23-53,54-24-9-3-10-25-54)55-26-11-4-12-27-55/h1-45H. The van der Waals surface area contributed by atoms with Gasteiger partial charge in [-0.2, -0.15) is 0 Å². The lowest BCUT2D eigenvalue weighted by atomic mass is 9.98. The normalized spacial score (nSPS) is 11.8. The fraction of sp³-hybridized carbons (Fsp3) is 0. The van der Waals surface area contributed by atoms with Crippen LogP contribution in [0.15, 0.2) is 297 Å². The van der Waals surface area contributed by atoms with Crippen LogP contribution in [0.5, 0.6) is 0 Å². The Morgan fingerprint density at radius 1 is 0.269 bits per heavy atom. The molecule has 0 aliphatic heterocycles. The molecule has 12 aromatic rings. The summed E-state index contributed by atoms with van der Waals surface area (Å²) in [7, 11) is -1.78. The molecule has 0 spiro atoms. The smallest absolute Gasteiger partial charge is 0.159 e. The van der Waals surface area contributed by atoms with Gasteiger partial charge in [-0.05, 0) is 117 Å². The summed E-state index contributed by atoms with van der Waals surface area (Å²) in [4.78, 5) is 7.56. The third-order valence-corrected chi connectivity index (χ3v) is 16.9. The minimum atomic E-state index is -1.78. The van der Waals surface area contributed by atoms with Crippen LogP contribution in [0.4, 0.5) is 17.1 Å². The van der Waals surface area contributed by atoms with E-state index in [2.05, 4.69) is 278 Å². The average molecular weight is 876 g/mol. The lowest BCUT2D eigenvalue weighted by Gasteiger charge is -2.42. The summed E-state index contributed by atoms with van der Waals surface area (Å²) in [5.41, 5.74) is 11.7. The Labute approximate surface area is 393 Å². The van der Waals surface area contributed by atoms with Crippen molar-refractivity contribution in [3.05, 3.63) is 273 Å². The third kappa shape index (κ3) is 7.09. The molecule has 0 amide bonds. The second-order valence-corrected chi connectivity index (χ2v) is 19.9. The van der Waals surface area contributed by atoms with Crippen molar-refractivity contribution in [3.8, 4) is 33.4 Å². The minimum absolute atomic E-state index is 0.847. The molecule has 1 aromatic heterocycles. The molecule has 2 nitrogen and oxygen atoms in total. The number of nitrogens with zero attached hydrogens (tertiary/aromatic N) is 1. The second kappa shape index (κ2) is 17.2. The topological polar surface area (TPSA) is 16.4 Å². The van der Waals surface area contributed by atoms with E-state index >= 15 is 0 Å². The van der Waals surface area contributed by atoms with Gasteiger partial charge in [0.1, 0.15) is 5.58 Å². The summed E-state index contributed by atoms with van der Waals surface area (Å²) in [6.45, 7) is 0. The van der Waals surface area contributed by atoms with E-state index in [9.17, 15) is 0 Å². The number of fused-ring (bicyclic) bond motifs is 4. The SMILES string of the molecule is c1ccc(-c2cccc3c2oc2c(N(c4ccc(-c5ccc(S(c6ccccc6)(c6ccccc6)c6ccccc6)cc5)cc4)c4ccc(-c5cccc6ccccc56)cc4)cccc23)cc1. The second-order valence-electron chi connectivity index (χ2n) is 16.8. The summed E-state index contributed by atoms with van der Waals surface area (Å²) in [6.07, 6.45) is 0. The van der Waals surface area contributed by atoms with Gasteiger partial charge in [-0.1, -0.05) is 194 Å². The molecule has 0 aliphatic carbocycles. The number of para-hydroxylation sites is 2. The first kappa shape index (κ1) is 40.2. The van der Waals surface area contributed by atoms with Gasteiger partial charge in [0, 0.05) is 47.3 Å². The molecule has 0 saturated carbocycles. The zero-order chi connectivity index (χ0) is 44.6. The van der Waals surface area contributed by atoms with Gasteiger partial charge in [0.25, 0.3) is 0 Å². The van der Waals surface area contributed by atoms with Gasteiger partial charge in [-0.3, -0.25) is 0 Å². The molecule has 0 bridgehead atoms. The molecule has 12 rings (SSSR count). The van der Waals surface area contributed by atoms with Crippen LogP contribution in [0.1, 0.15) is 0 Å². The molecule has 0 fully saturated rings. The molecule has 0 aliphatic rings. The van der Waals surface area contributed by atoms with Gasteiger partial charge in [-0.25, -0.2) is 0 Å². The molecule has 0 saturated heterocycles. The molecule has 0 N–H and O–H groups in total. The van der Waals surface area contributed by atoms with Gasteiger partial charge in [-0.15, -0.1) is 10.0 Å². The average Bonchev–Trinajstić information content (AvgIpc) is 3.81. The summed E-state index contributed by atoms with van der Waals surface area (Å²) in [5.74, 6) is 0. The van der Waals surface area contributed by atoms with E-state index < -0.39 is 10.0 Å². The molecule has 0 unspecified atom stereocenters. The Hall–Kier alpha value is -8.37. The Morgan fingerprint density at radius 2 is 0.672 bits per heavy atom. The van der Waals surface area contributed by atoms with Crippen molar-refractivity contribution in [2.45, 2.75) is 19.6 Å². The first-order valence-corrected chi connectivity index (χ1v) is 24.4. The minimum Gasteiger partial charge on any atom is -0.453 e. The summed E-state index contributed by atoms with van der Waals surface area (Å²) < 4.78 is 7.02. The van der Waals surface area contributed by atoms with Crippen molar-refractivity contribution in [2.75, 3.05) is 4.90 Å². The first-order valence-electron chi connectivity index (χ1n) is 22.8. The van der Waals surface area contributed by atoms with E-state index in [1.807, 2.05) is 0 Å². The van der Waals surface area contributed by atoms with Crippen molar-refractivity contribution in [1.82, 2.24) is 0 Å². The number of rotatable bonds is 10. The molecular formula is C64H45NOS. The van der Waals surface area contributed by atoms with E-state index in [-0.39, 0.29) is 0 Å². The van der Waals surface area contributed by atoms with Crippen LogP contribution in [0, 0.1) is 0 Å². The van der Waals surface area contributed by atoms with Crippen LogP contribution in [0.25, 0.3) is 66.1 Å². The highest BCUT2D eigenvalue weighted by molar-refractivity contribution is 8.34. The van der Waals surface area contributed by atoms with Crippen molar-refractivity contribution < 1.29 is 4.42 Å². The highest BCUT2D eigenvalue weighted by Gasteiger charge is 2.33. The fourth-order valence-corrected chi connectivity index (χ4v) is 13.7. The van der Waals surface area contributed by atoms with Gasteiger partial charge >= 0.3 is 0 Å². The molecule has 0 atom stereocenters. The zero-order valence-corrected chi connectivity index (χ0v) is 37.6. The Morgan fingerprint density at radius 3 is 1.27 bits per heavy atom. The van der Waals surface area contributed by atoms with Crippen molar-refractivity contribution in [1.29, 1.82) is 0 Å². The predicted octanol–water partition coefficient (Wildman–Crippen LogP) is 18.6. The van der Waals surface area contributed by atoms with Crippen molar-refractivity contribution in [2.24, 2.45) is 0 Å². The molecule has 67 heavy (non-hydrogen) atoms. The zero-order valence-electron chi connectivity index (χ0n) is 36.7. The van der Waals surface area contributed by atoms with E-state index in [0.29, 0.717) is 0 Å². The summed E-state index contributed by atoms with van der Waals surface area (Å²) in [6, 6.07) is 98.9. The van der Waals surface area contributed by atoms with Gasteiger partial charge in [0.2, 0.25) is 0 Å². The van der Waals surface area contributed by atoms with Gasteiger partial charge in [0.15, 0.2) is 5.58 Å². The van der Waals surface area contributed by atoms with Crippen LogP contribution in [-0.4, -0.2) is 0 Å². The van der Waals surface area contributed by atoms with E-state index in [4.69, 9.17) is 4.42 Å². The number of furan rings is 1. The van der Waals surface area contributed by atoms with E-state index in [0.717, 1.165) is 61.3 Å². The van der Waals surface area contributed by atoms with Crippen LogP contribution in [0.3, 0.4) is 0 Å². The maximum atomic E-state index is 7.02. The summed E-state index contributed by atoms with van der Waals surface area (Å²) in [5, 5.41) is 4.66. The van der Waals surface area contributed by atoms with Crippen LogP contribution in [0.2, 0.25) is 0 Å². The lowest BCUT2D eigenvalue weighted by molar-refractivity contribution is 0.670. The third-order valence-electron chi connectivity index (χ3n) is 13.0. The largest absolute Gasteiger partial charge is 0.453 e. The first-order chi connectivity index (χ1) is 33.2. The Kier molecular flexibility index (Phi) is 10.3. The molecule has 3 heteroatoms. The summed E-state index contributed by atoms with van der Waals surface area (Å²) >= 11 is 0. The number of benzene rings is 11. The van der Waals surface area contributed by atoms with Crippen LogP contribution in [-0.2, 0) is 0 Å². The van der Waals surface area contributed by atoms with Crippen LogP contribution >= 0.6 is 10.0 Å². The Balaban J connectivity index is 0.970.